The molecule has 0 radical (unpaired) electrons. The lowest BCUT2D eigenvalue weighted by molar-refractivity contribution is 0.209. The summed E-state index contributed by atoms with van der Waals surface area (Å²) in [5, 5.41) is 3.99. The molecule has 4 rings (SSSR count). The third-order valence-corrected chi connectivity index (χ3v) is 5.37. The zero-order valence-corrected chi connectivity index (χ0v) is 15.5. The van der Waals surface area contributed by atoms with Crippen molar-refractivity contribution >= 4 is 5.82 Å². The van der Waals surface area contributed by atoms with Crippen molar-refractivity contribution in [2.45, 2.75) is 57.7 Å². The highest BCUT2D eigenvalue weighted by Gasteiger charge is 2.28. The molecule has 140 valence electrons. The second kappa shape index (κ2) is 7.19. The molecule has 2 aromatic heterocycles. The number of hydrogen-bond acceptors (Lipinski definition) is 7. The van der Waals surface area contributed by atoms with E-state index in [1.165, 1.54) is 0 Å². The van der Waals surface area contributed by atoms with Crippen molar-refractivity contribution in [3.05, 3.63) is 34.5 Å². The molecule has 1 saturated carbocycles. The topological polar surface area (TPSA) is 80.3 Å². The van der Waals surface area contributed by atoms with Crippen molar-refractivity contribution in [2.24, 2.45) is 0 Å². The van der Waals surface area contributed by atoms with Gasteiger partial charge in [-0.05, 0) is 39.2 Å². The van der Waals surface area contributed by atoms with Crippen LogP contribution in [-0.2, 0) is 6.54 Å². The van der Waals surface area contributed by atoms with E-state index in [1.807, 2.05) is 10.8 Å². The van der Waals surface area contributed by atoms with Gasteiger partial charge in [-0.25, -0.2) is 4.98 Å². The fraction of sp³-hybridized carbons (Fsp3) is 0.667. The number of anilines is 1. The van der Waals surface area contributed by atoms with Crippen LogP contribution in [0.2, 0.25) is 0 Å². The molecular formula is C18H26N6O2. The third kappa shape index (κ3) is 3.65. The minimum absolute atomic E-state index is 0.0593. The zero-order chi connectivity index (χ0) is 18.1. The molecule has 3 heterocycles. The van der Waals surface area contributed by atoms with Gasteiger partial charge in [-0.15, -0.1) is 0 Å². The van der Waals surface area contributed by atoms with E-state index in [9.17, 15) is 4.79 Å². The molecule has 26 heavy (non-hydrogen) atoms. The van der Waals surface area contributed by atoms with Crippen LogP contribution in [0.3, 0.4) is 0 Å². The maximum Gasteiger partial charge on any atom is 0.293 e. The Balaban J connectivity index is 1.42. The van der Waals surface area contributed by atoms with Crippen LogP contribution >= 0.6 is 0 Å². The van der Waals surface area contributed by atoms with E-state index in [0.717, 1.165) is 51.0 Å². The Kier molecular flexibility index (Phi) is 4.76. The summed E-state index contributed by atoms with van der Waals surface area (Å²) < 4.78 is 6.92. The van der Waals surface area contributed by atoms with Gasteiger partial charge < -0.3 is 14.0 Å². The average molecular weight is 358 g/mol. The van der Waals surface area contributed by atoms with Gasteiger partial charge in [0.15, 0.2) is 11.6 Å². The van der Waals surface area contributed by atoms with E-state index >= 15 is 0 Å². The lowest BCUT2D eigenvalue weighted by Crippen LogP contribution is -2.35. The van der Waals surface area contributed by atoms with Crippen molar-refractivity contribution in [3.8, 4) is 0 Å². The predicted octanol–water partition coefficient (Wildman–Crippen LogP) is 1.76. The van der Waals surface area contributed by atoms with Crippen LogP contribution in [0.1, 0.15) is 49.9 Å². The number of rotatable bonds is 5. The number of aromatic nitrogens is 4. The quantitative estimate of drug-likeness (QED) is 0.805. The van der Waals surface area contributed by atoms with E-state index < -0.39 is 0 Å². The molecule has 0 aromatic carbocycles. The Morgan fingerprint density at radius 2 is 2.12 bits per heavy atom. The molecule has 1 aliphatic heterocycles. The van der Waals surface area contributed by atoms with E-state index in [0.29, 0.717) is 30.3 Å². The summed E-state index contributed by atoms with van der Waals surface area (Å²) in [4.78, 5) is 25.9. The van der Waals surface area contributed by atoms with Crippen molar-refractivity contribution in [1.82, 2.24) is 24.6 Å². The summed E-state index contributed by atoms with van der Waals surface area (Å²) >= 11 is 0. The van der Waals surface area contributed by atoms with Gasteiger partial charge >= 0.3 is 0 Å². The van der Waals surface area contributed by atoms with Crippen LogP contribution in [-0.4, -0.2) is 50.8 Å². The van der Waals surface area contributed by atoms with Gasteiger partial charge in [0.2, 0.25) is 5.89 Å². The molecule has 2 fully saturated rings. The minimum Gasteiger partial charge on any atom is -0.352 e. The first-order valence-electron chi connectivity index (χ1n) is 9.43. The Morgan fingerprint density at radius 1 is 1.27 bits per heavy atom. The summed E-state index contributed by atoms with van der Waals surface area (Å²) in [6.07, 6.45) is 8.92. The van der Waals surface area contributed by atoms with Gasteiger partial charge in [0.1, 0.15) is 0 Å². The second-order valence-corrected chi connectivity index (χ2v) is 7.41. The van der Waals surface area contributed by atoms with Crippen molar-refractivity contribution in [3.63, 3.8) is 0 Å². The molecule has 1 atom stereocenters. The van der Waals surface area contributed by atoms with Gasteiger partial charge in [-0.1, -0.05) is 5.16 Å². The fourth-order valence-corrected chi connectivity index (χ4v) is 3.76. The third-order valence-electron chi connectivity index (χ3n) is 5.37. The molecule has 2 aromatic rings. The summed E-state index contributed by atoms with van der Waals surface area (Å²) in [5.74, 6) is 1.93. The van der Waals surface area contributed by atoms with Crippen LogP contribution in [0.25, 0.3) is 0 Å². The van der Waals surface area contributed by atoms with Crippen LogP contribution in [0.15, 0.2) is 21.7 Å². The molecule has 1 aliphatic carbocycles. The van der Waals surface area contributed by atoms with E-state index in [1.54, 1.807) is 13.1 Å². The van der Waals surface area contributed by atoms with Crippen LogP contribution < -0.4 is 10.5 Å². The van der Waals surface area contributed by atoms with Crippen LogP contribution in [0.5, 0.6) is 0 Å². The molecular weight excluding hydrogens is 332 g/mol. The lowest BCUT2D eigenvalue weighted by atomic mass is 10.1. The zero-order valence-electron chi connectivity index (χ0n) is 15.5. The molecule has 2 aliphatic rings. The largest absolute Gasteiger partial charge is 0.352 e. The fourth-order valence-electron chi connectivity index (χ4n) is 3.76. The van der Waals surface area contributed by atoms with E-state index in [4.69, 9.17) is 4.52 Å². The minimum atomic E-state index is 0.0593. The van der Waals surface area contributed by atoms with Crippen molar-refractivity contribution in [2.75, 3.05) is 25.0 Å². The standard InChI is InChI=1S/C18H26N6O2/c1-13-20-16(21-26-13)12-22(2)14-4-3-9-23(10-7-14)17-18(25)24(11-8-19-17)15-5-6-15/h8,11,14-15H,3-7,9-10,12H2,1-2H3. The molecule has 0 amide bonds. The molecule has 0 spiro atoms. The van der Waals surface area contributed by atoms with Gasteiger partial charge in [0.05, 0.1) is 6.54 Å². The van der Waals surface area contributed by atoms with E-state index in [2.05, 4.69) is 32.0 Å². The molecule has 8 heteroatoms. The van der Waals surface area contributed by atoms with Gasteiger partial charge in [-0.2, -0.15) is 4.98 Å². The average Bonchev–Trinajstić information content (AvgIpc) is 3.42. The van der Waals surface area contributed by atoms with Gasteiger partial charge in [-0.3, -0.25) is 9.69 Å². The monoisotopic (exact) mass is 358 g/mol. The highest BCUT2D eigenvalue weighted by atomic mass is 16.5. The molecule has 0 N–H and O–H groups in total. The Labute approximate surface area is 152 Å². The maximum absolute atomic E-state index is 12.7. The first-order chi connectivity index (χ1) is 12.6. The van der Waals surface area contributed by atoms with E-state index in [-0.39, 0.29) is 5.56 Å². The summed E-state index contributed by atoms with van der Waals surface area (Å²) in [5.41, 5.74) is 0.0593. The number of aryl methyl sites for hydroxylation is 1. The van der Waals surface area contributed by atoms with Gasteiger partial charge in [0, 0.05) is 44.5 Å². The smallest absolute Gasteiger partial charge is 0.293 e. The first kappa shape index (κ1) is 17.2. The molecule has 1 saturated heterocycles. The van der Waals surface area contributed by atoms with Crippen molar-refractivity contribution < 1.29 is 4.52 Å². The summed E-state index contributed by atoms with van der Waals surface area (Å²) in [7, 11) is 2.10. The summed E-state index contributed by atoms with van der Waals surface area (Å²) in [6.45, 7) is 4.21. The number of hydrogen-bond donors (Lipinski definition) is 0. The van der Waals surface area contributed by atoms with Crippen molar-refractivity contribution in [1.29, 1.82) is 0 Å². The first-order valence-corrected chi connectivity index (χ1v) is 9.43. The second-order valence-electron chi connectivity index (χ2n) is 7.41. The Morgan fingerprint density at radius 3 is 2.85 bits per heavy atom. The Hall–Kier alpha value is -2.22. The van der Waals surface area contributed by atoms with Gasteiger partial charge in [0.25, 0.3) is 5.56 Å². The predicted molar refractivity (Wildman–Crippen MR) is 97.1 cm³/mol. The Bertz CT molecular complexity index is 812. The highest BCUT2D eigenvalue weighted by Crippen LogP contribution is 2.33. The lowest BCUT2D eigenvalue weighted by Gasteiger charge is -2.26. The molecule has 1 unspecified atom stereocenters. The highest BCUT2D eigenvalue weighted by molar-refractivity contribution is 5.36. The SMILES string of the molecule is Cc1nc(CN(C)C2CCCN(c3nccn(C4CC4)c3=O)CC2)no1. The summed E-state index contributed by atoms with van der Waals surface area (Å²) in [6, 6.07) is 0.821. The normalized spacial score (nSPS) is 21.2. The van der Waals surface area contributed by atoms with Crippen LogP contribution in [0, 0.1) is 6.92 Å². The van der Waals surface area contributed by atoms with Crippen LogP contribution in [0.4, 0.5) is 5.82 Å². The maximum atomic E-state index is 12.7. The number of nitrogens with zero attached hydrogens (tertiary/aromatic N) is 6. The molecule has 8 nitrogen and oxygen atoms in total. The molecule has 0 bridgehead atoms.